The standard InChI is InChI=1S/C16H14ClNO4S2/c17-11-5-3-7-15(16(11)20)24(21,22)18-9-12(19)14-8-10-4-1-2-6-13(10)23-14/h1-8,12,18-20H,9H2. The van der Waals surface area contributed by atoms with Gasteiger partial charge in [-0.3, -0.25) is 0 Å². The first-order valence-corrected chi connectivity index (χ1v) is 9.70. The normalized spacial score (nSPS) is 13.2. The van der Waals surface area contributed by atoms with E-state index in [4.69, 9.17) is 11.6 Å². The molecule has 0 radical (unpaired) electrons. The number of rotatable bonds is 5. The van der Waals surface area contributed by atoms with Gasteiger partial charge in [0.25, 0.3) is 0 Å². The van der Waals surface area contributed by atoms with Gasteiger partial charge in [0.2, 0.25) is 10.0 Å². The van der Waals surface area contributed by atoms with Crippen LogP contribution in [0.4, 0.5) is 0 Å². The molecule has 8 heteroatoms. The van der Waals surface area contributed by atoms with Gasteiger partial charge < -0.3 is 10.2 Å². The van der Waals surface area contributed by atoms with E-state index in [0.29, 0.717) is 4.88 Å². The van der Waals surface area contributed by atoms with Crippen LogP contribution in [-0.2, 0) is 10.0 Å². The molecule has 24 heavy (non-hydrogen) atoms. The maximum absolute atomic E-state index is 12.3. The molecule has 0 saturated heterocycles. The van der Waals surface area contributed by atoms with E-state index < -0.39 is 21.9 Å². The minimum absolute atomic E-state index is 0.0528. The molecule has 0 aliphatic carbocycles. The Hall–Kier alpha value is -1.64. The Labute approximate surface area is 148 Å². The molecule has 1 atom stereocenters. The van der Waals surface area contributed by atoms with Crippen molar-refractivity contribution < 1.29 is 18.6 Å². The number of halogens is 1. The van der Waals surface area contributed by atoms with E-state index in [1.54, 1.807) is 0 Å². The Morgan fingerprint density at radius 2 is 1.92 bits per heavy atom. The largest absolute Gasteiger partial charge is 0.505 e. The van der Waals surface area contributed by atoms with Gasteiger partial charge in [0.1, 0.15) is 11.0 Å². The predicted octanol–water partition coefficient (Wildman–Crippen LogP) is 3.27. The molecule has 0 fully saturated rings. The fraction of sp³-hybridized carbons (Fsp3) is 0.125. The van der Waals surface area contributed by atoms with Crippen LogP contribution in [0.25, 0.3) is 10.1 Å². The third-order valence-corrected chi connectivity index (χ3v) is 6.46. The molecule has 5 nitrogen and oxygen atoms in total. The number of nitrogens with one attached hydrogen (secondary N) is 1. The lowest BCUT2D eigenvalue weighted by Crippen LogP contribution is -2.28. The van der Waals surface area contributed by atoms with Gasteiger partial charge in [-0.25, -0.2) is 13.1 Å². The SMILES string of the molecule is O=S(=O)(NCC(O)c1cc2ccccc2s1)c1cccc(Cl)c1O. The van der Waals surface area contributed by atoms with E-state index in [1.165, 1.54) is 29.5 Å². The molecule has 3 aromatic rings. The number of fused-ring (bicyclic) bond motifs is 1. The molecule has 3 rings (SSSR count). The summed E-state index contributed by atoms with van der Waals surface area (Å²) in [5.74, 6) is -0.511. The van der Waals surface area contributed by atoms with Gasteiger partial charge in [-0.1, -0.05) is 35.9 Å². The molecule has 0 aliphatic rings. The second kappa shape index (κ2) is 6.70. The van der Waals surface area contributed by atoms with Gasteiger partial charge in [-0.05, 0) is 29.7 Å². The average Bonchev–Trinajstić information content (AvgIpc) is 2.99. The van der Waals surface area contributed by atoms with Gasteiger partial charge in [0.15, 0.2) is 5.75 Å². The van der Waals surface area contributed by atoms with E-state index in [1.807, 2.05) is 30.3 Å². The summed E-state index contributed by atoms with van der Waals surface area (Å²) in [5, 5.41) is 21.0. The zero-order chi connectivity index (χ0) is 17.3. The van der Waals surface area contributed by atoms with Crippen LogP contribution < -0.4 is 4.72 Å². The fourth-order valence-electron chi connectivity index (χ4n) is 2.25. The van der Waals surface area contributed by atoms with Crippen molar-refractivity contribution in [2.75, 3.05) is 6.54 Å². The van der Waals surface area contributed by atoms with Crippen LogP contribution >= 0.6 is 22.9 Å². The maximum atomic E-state index is 12.3. The van der Waals surface area contributed by atoms with E-state index in [0.717, 1.165) is 10.1 Å². The van der Waals surface area contributed by atoms with Crippen molar-refractivity contribution in [1.82, 2.24) is 4.72 Å². The highest BCUT2D eigenvalue weighted by Gasteiger charge is 2.22. The Bertz CT molecular complexity index is 952. The highest BCUT2D eigenvalue weighted by molar-refractivity contribution is 7.89. The van der Waals surface area contributed by atoms with E-state index in [-0.39, 0.29) is 16.5 Å². The minimum atomic E-state index is -3.99. The number of hydrogen-bond acceptors (Lipinski definition) is 5. The lowest BCUT2D eigenvalue weighted by molar-refractivity contribution is 0.186. The molecule has 1 unspecified atom stereocenters. The molecule has 0 spiro atoms. The van der Waals surface area contributed by atoms with Crippen LogP contribution in [0.15, 0.2) is 53.4 Å². The highest BCUT2D eigenvalue weighted by Crippen LogP contribution is 2.32. The Kier molecular flexibility index (Phi) is 4.80. The number of para-hydroxylation sites is 1. The first-order valence-electron chi connectivity index (χ1n) is 7.02. The number of sulfonamides is 1. The third kappa shape index (κ3) is 3.40. The number of aliphatic hydroxyl groups excluding tert-OH is 1. The quantitative estimate of drug-likeness (QED) is 0.631. The molecule has 0 aliphatic heterocycles. The molecule has 0 amide bonds. The lowest BCUT2D eigenvalue weighted by Gasteiger charge is -2.12. The number of phenolic OH excluding ortho intramolecular Hbond substituents is 1. The van der Waals surface area contributed by atoms with Gasteiger partial charge in [-0.15, -0.1) is 11.3 Å². The summed E-state index contributed by atoms with van der Waals surface area (Å²) in [7, 11) is -3.99. The number of thiophene rings is 1. The number of hydrogen-bond donors (Lipinski definition) is 3. The molecule has 1 aromatic heterocycles. The van der Waals surface area contributed by atoms with Gasteiger partial charge in [-0.2, -0.15) is 0 Å². The van der Waals surface area contributed by atoms with Crippen molar-refractivity contribution in [1.29, 1.82) is 0 Å². The van der Waals surface area contributed by atoms with E-state index in [2.05, 4.69) is 4.72 Å². The summed E-state index contributed by atoms with van der Waals surface area (Å²) in [6.45, 7) is -0.207. The summed E-state index contributed by atoms with van der Waals surface area (Å²) in [4.78, 5) is 0.341. The third-order valence-electron chi connectivity index (χ3n) is 3.48. The fourth-order valence-corrected chi connectivity index (χ4v) is 4.68. The predicted molar refractivity (Wildman–Crippen MR) is 95.1 cm³/mol. The Balaban J connectivity index is 1.77. The van der Waals surface area contributed by atoms with E-state index >= 15 is 0 Å². The second-order valence-electron chi connectivity index (χ2n) is 5.14. The highest BCUT2D eigenvalue weighted by atomic mass is 35.5. The van der Waals surface area contributed by atoms with E-state index in [9.17, 15) is 18.6 Å². The topological polar surface area (TPSA) is 86.6 Å². The Morgan fingerprint density at radius 1 is 1.17 bits per heavy atom. The van der Waals surface area contributed by atoms with Crippen LogP contribution in [0.2, 0.25) is 5.02 Å². The summed E-state index contributed by atoms with van der Waals surface area (Å²) < 4.78 is 27.9. The maximum Gasteiger partial charge on any atom is 0.244 e. The van der Waals surface area contributed by atoms with Crippen LogP contribution in [-0.4, -0.2) is 25.2 Å². The van der Waals surface area contributed by atoms with Crippen LogP contribution in [0, 0.1) is 0 Å². The number of aliphatic hydroxyl groups is 1. The first-order chi connectivity index (χ1) is 11.4. The molecule has 3 N–H and O–H groups in total. The van der Waals surface area contributed by atoms with Crippen molar-refractivity contribution in [3.05, 3.63) is 58.4 Å². The van der Waals surface area contributed by atoms with Crippen LogP contribution in [0.3, 0.4) is 0 Å². The smallest absolute Gasteiger partial charge is 0.244 e. The summed E-state index contributed by atoms with van der Waals surface area (Å²) in [5.41, 5.74) is 0. The molecule has 0 bridgehead atoms. The molecular formula is C16H14ClNO4S2. The molecule has 1 heterocycles. The molecule has 126 valence electrons. The Morgan fingerprint density at radius 3 is 2.67 bits per heavy atom. The monoisotopic (exact) mass is 383 g/mol. The van der Waals surface area contributed by atoms with Crippen molar-refractivity contribution in [2.45, 2.75) is 11.0 Å². The van der Waals surface area contributed by atoms with Crippen LogP contribution in [0.5, 0.6) is 5.75 Å². The number of phenols is 1. The van der Waals surface area contributed by atoms with Crippen molar-refractivity contribution in [3.63, 3.8) is 0 Å². The number of aromatic hydroxyl groups is 1. The summed E-state index contributed by atoms with van der Waals surface area (Å²) in [6, 6.07) is 13.6. The lowest BCUT2D eigenvalue weighted by atomic mass is 10.2. The second-order valence-corrected chi connectivity index (χ2v) is 8.40. The van der Waals surface area contributed by atoms with Crippen molar-refractivity contribution >= 4 is 43.0 Å². The summed E-state index contributed by atoms with van der Waals surface area (Å²) in [6.07, 6.45) is -0.987. The van der Waals surface area contributed by atoms with Crippen LogP contribution in [0.1, 0.15) is 11.0 Å². The average molecular weight is 384 g/mol. The first kappa shape index (κ1) is 17.2. The van der Waals surface area contributed by atoms with Crippen molar-refractivity contribution in [3.8, 4) is 5.75 Å². The zero-order valence-corrected chi connectivity index (χ0v) is 14.7. The molecule has 2 aromatic carbocycles. The van der Waals surface area contributed by atoms with Crippen molar-refractivity contribution in [2.24, 2.45) is 0 Å². The molecular weight excluding hydrogens is 370 g/mol. The molecule has 0 saturated carbocycles. The zero-order valence-electron chi connectivity index (χ0n) is 12.3. The minimum Gasteiger partial charge on any atom is -0.505 e. The summed E-state index contributed by atoms with van der Waals surface area (Å²) >= 11 is 7.14. The van der Waals surface area contributed by atoms with Gasteiger partial charge >= 0.3 is 0 Å². The van der Waals surface area contributed by atoms with Gasteiger partial charge in [0, 0.05) is 16.1 Å². The number of benzene rings is 2. The van der Waals surface area contributed by atoms with Gasteiger partial charge in [0.05, 0.1) is 5.02 Å².